The Hall–Kier alpha value is -0.830. The van der Waals surface area contributed by atoms with Crippen molar-refractivity contribution in [1.82, 2.24) is 14.9 Å². The molecule has 100 valence electrons. The van der Waals surface area contributed by atoms with E-state index < -0.39 is 0 Å². The first-order valence-corrected chi connectivity index (χ1v) is 7.39. The third kappa shape index (κ3) is 1.99. The van der Waals surface area contributed by atoms with E-state index in [2.05, 4.69) is 28.7 Å². The van der Waals surface area contributed by atoms with Crippen LogP contribution in [0.4, 0.5) is 0 Å². The smallest absolute Gasteiger partial charge is 0.0946 e. The van der Waals surface area contributed by atoms with Gasteiger partial charge in [-0.25, -0.2) is 4.98 Å². The molecule has 18 heavy (non-hydrogen) atoms. The second-order valence-electron chi connectivity index (χ2n) is 6.61. The van der Waals surface area contributed by atoms with Crippen molar-refractivity contribution in [3.8, 4) is 0 Å². The van der Waals surface area contributed by atoms with Crippen LogP contribution in [0.25, 0.3) is 0 Å². The SMILES string of the molecule is CC1(C)C(NCCn2ccnc2)[C@@H]2CCCC[C@@H]21. The minimum Gasteiger partial charge on any atom is -0.336 e. The number of nitrogens with zero attached hydrogens (tertiary/aromatic N) is 2. The predicted octanol–water partition coefficient (Wildman–Crippen LogP) is 2.69. The Labute approximate surface area is 110 Å². The number of hydrogen-bond donors (Lipinski definition) is 1. The molecule has 0 radical (unpaired) electrons. The van der Waals surface area contributed by atoms with Crippen molar-refractivity contribution in [3.63, 3.8) is 0 Å². The number of hydrogen-bond acceptors (Lipinski definition) is 2. The second-order valence-corrected chi connectivity index (χ2v) is 6.61. The normalized spacial score (nSPS) is 33.8. The monoisotopic (exact) mass is 247 g/mol. The number of nitrogens with one attached hydrogen (secondary N) is 1. The quantitative estimate of drug-likeness (QED) is 0.886. The fourth-order valence-corrected chi connectivity index (χ4v) is 4.33. The molecule has 0 saturated heterocycles. The van der Waals surface area contributed by atoms with Gasteiger partial charge in [-0.05, 0) is 30.1 Å². The summed E-state index contributed by atoms with van der Waals surface area (Å²) in [6.45, 7) is 7.00. The van der Waals surface area contributed by atoms with Gasteiger partial charge in [0.25, 0.3) is 0 Å². The van der Waals surface area contributed by atoms with Crippen molar-refractivity contribution in [2.24, 2.45) is 17.3 Å². The van der Waals surface area contributed by atoms with Crippen LogP contribution in [-0.4, -0.2) is 22.1 Å². The lowest BCUT2D eigenvalue weighted by Gasteiger charge is -2.61. The summed E-state index contributed by atoms with van der Waals surface area (Å²) in [6, 6.07) is 0.728. The predicted molar refractivity (Wildman–Crippen MR) is 73.2 cm³/mol. The minimum atomic E-state index is 0.500. The van der Waals surface area contributed by atoms with Crippen LogP contribution >= 0.6 is 0 Å². The van der Waals surface area contributed by atoms with Crippen molar-refractivity contribution in [2.45, 2.75) is 52.1 Å². The molecule has 0 aromatic carbocycles. The molecule has 3 atom stereocenters. The molecule has 1 heterocycles. The van der Waals surface area contributed by atoms with E-state index in [9.17, 15) is 0 Å². The average molecular weight is 247 g/mol. The molecule has 3 rings (SSSR count). The molecular formula is C15H25N3. The van der Waals surface area contributed by atoms with E-state index in [1.54, 1.807) is 0 Å². The van der Waals surface area contributed by atoms with Crippen LogP contribution in [0.5, 0.6) is 0 Å². The maximum atomic E-state index is 4.08. The highest BCUT2D eigenvalue weighted by Gasteiger charge is 2.55. The van der Waals surface area contributed by atoms with E-state index in [0.717, 1.165) is 31.0 Å². The maximum absolute atomic E-state index is 4.08. The van der Waals surface area contributed by atoms with Gasteiger partial charge in [-0.2, -0.15) is 0 Å². The highest BCUT2D eigenvalue weighted by molar-refractivity contribution is 5.08. The van der Waals surface area contributed by atoms with Crippen molar-refractivity contribution in [1.29, 1.82) is 0 Å². The Kier molecular flexibility index (Phi) is 3.18. The van der Waals surface area contributed by atoms with E-state index in [1.807, 2.05) is 18.7 Å². The Balaban J connectivity index is 1.53. The Morgan fingerprint density at radius 3 is 2.94 bits per heavy atom. The highest BCUT2D eigenvalue weighted by atomic mass is 15.1. The third-order valence-electron chi connectivity index (χ3n) is 5.30. The first kappa shape index (κ1) is 12.2. The van der Waals surface area contributed by atoms with Crippen LogP contribution in [-0.2, 0) is 6.54 Å². The van der Waals surface area contributed by atoms with Crippen molar-refractivity contribution in [3.05, 3.63) is 18.7 Å². The van der Waals surface area contributed by atoms with Gasteiger partial charge in [-0.1, -0.05) is 26.7 Å². The molecule has 2 aliphatic rings. The van der Waals surface area contributed by atoms with Crippen molar-refractivity contribution < 1.29 is 0 Å². The first-order chi connectivity index (χ1) is 8.69. The fourth-order valence-electron chi connectivity index (χ4n) is 4.33. The molecule has 0 bridgehead atoms. The summed E-state index contributed by atoms with van der Waals surface area (Å²) in [5.74, 6) is 1.91. The molecule has 2 aliphatic carbocycles. The Morgan fingerprint density at radius 1 is 1.33 bits per heavy atom. The lowest BCUT2D eigenvalue weighted by atomic mass is 9.48. The summed E-state index contributed by atoms with van der Waals surface area (Å²) in [4.78, 5) is 4.08. The van der Waals surface area contributed by atoms with Crippen LogP contribution < -0.4 is 5.32 Å². The van der Waals surface area contributed by atoms with Gasteiger partial charge in [0.2, 0.25) is 0 Å². The summed E-state index contributed by atoms with van der Waals surface area (Å²) in [7, 11) is 0. The van der Waals surface area contributed by atoms with E-state index >= 15 is 0 Å². The maximum Gasteiger partial charge on any atom is 0.0946 e. The van der Waals surface area contributed by atoms with Gasteiger partial charge in [0.05, 0.1) is 6.33 Å². The topological polar surface area (TPSA) is 29.9 Å². The minimum absolute atomic E-state index is 0.500. The zero-order chi connectivity index (χ0) is 12.6. The van der Waals surface area contributed by atoms with Crippen molar-refractivity contribution >= 4 is 0 Å². The lowest BCUT2D eigenvalue weighted by molar-refractivity contribution is -0.0874. The first-order valence-electron chi connectivity index (χ1n) is 7.39. The van der Waals surface area contributed by atoms with Gasteiger partial charge in [0, 0.05) is 31.5 Å². The number of rotatable bonds is 4. The van der Waals surface area contributed by atoms with Gasteiger partial charge in [0.15, 0.2) is 0 Å². The molecular weight excluding hydrogens is 222 g/mol. The molecule has 0 aliphatic heterocycles. The lowest BCUT2D eigenvalue weighted by Crippen LogP contribution is -2.65. The summed E-state index contributed by atoms with van der Waals surface area (Å²) in [5.41, 5.74) is 0.500. The average Bonchev–Trinajstić information content (AvgIpc) is 2.87. The van der Waals surface area contributed by atoms with Gasteiger partial charge in [-0.15, -0.1) is 0 Å². The standard InChI is InChI=1S/C15H25N3/c1-15(2)13-6-4-3-5-12(13)14(15)17-8-10-18-9-7-16-11-18/h7,9,11-14,17H,3-6,8,10H2,1-2H3/t12-,13+,14?/m1/s1. The molecule has 2 fully saturated rings. The van der Waals surface area contributed by atoms with Crippen LogP contribution in [0.1, 0.15) is 39.5 Å². The van der Waals surface area contributed by atoms with Crippen LogP contribution in [0.15, 0.2) is 18.7 Å². The fraction of sp³-hybridized carbons (Fsp3) is 0.800. The second kappa shape index (κ2) is 4.69. The molecule has 2 saturated carbocycles. The summed E-state index contributed by atoms with van der Waals surface area (Å²) in [5, 5.41) is 3.80. The Morgan fingerprint density at radius 2 is 2.17 bits per heavy atom. The number of imidazole rings is 1. The van der Waals surface area contributed by atoms with Crippen molar-refractivity contribution in [2.75, 3.05) is 6.54 Å². The number of aromatic nitrogens is 2. The van der Waals surface area contributed by atoms with Gasteiger partial charge >= 0.3 is 0 Å². The zero-order valence-corrected chi connectivity index (χ0v) is 11.6. The van der Waals surface area contributed by atoms with Crippen LogP contribution in [0, 0.1) is 17.3 Å². The molecule has 1 aromatic rings. The van der Waals surface area contributed by atoms with Gasteiger partial charge < -0.3 is 9.88 Å². The summed E-state index contributed by atoms with van der Waals surface area (Å²) >= 11 is 0. The molecule has 1 aromatic heterocycles. The molecule has 0 spiro atoms. The molecule has 3 nitrogen and oxygen atoms in total. The van der Waals surface area contributed by atoms with Crippen LogP contribution in [0.3, 0.4) is 0 Å². The molecule has 3 heteroatoms. The van der Waals surface area contributed by atoms with E-state index in [1.165, 1.54) is 25.7 Å². The van der Waals surface area contributed by atoms with E-state index in [0.29, 0.717) is 5.41 Å². The molecule has 0 amide bonds. The molecule has 1 unspecified atom stereocenters. The van der Waals surface area contributed by atoms with Gasteiger partial charge in [-0.3, -0.25) is 0 Å². The summed E-state index contributed by atoms with van der Waals surface area (Å²) in [6.07, 6.45) is 11.6. The van der Waals surface area contributed by atoms with Crippen LogP contribution in [0.2, 0.25) is 0 Å². The summed E-state index contributed by atoms with van der Waals surface area (Å²) < 4.78 is 2.15. The third-order valence-corrected chi connectivity index (χ3v) is 5.30. The Bertz CT molecular complexity index is 382. The number of fused-ring (bicyclic) bond motifs is 1. The van der Waals surface area contributed by atoms with Gasteiger partial charge in [0.1, 0.15) is 0 Å². The largest absolute Gasteiger partial charge is 0.336 e. The molecule has 1 N–H and O–H groups in total. The zero-order valence-electron chi connectivity index (χ0n) is 11.6. The van der Waals surface area contributed by atoms with E-state index in [-0.39, 0.29) is 0 Å². The highest BCUT2D eigenvalue weighted by Crippen LogP contribution is 2.56. The van der Waals surface area contributed by atoms with E-state index in [4.69, 9.17) is 0 Å².